The molecule has 5 nitrogen and oxygen atoms in total. The van der Waals surface area contributed by atoms with E-state index < -0.39 is 10.0 Å². The molecule has 2 N–H and O–H groups in total. The summed E-state index contributed by atoms with van der Waals surface area (Å²) in [4.78, 5) is 6.01. The van der Waals surface area contributed by atoms with Gasteiger partial charge in [-0.1, -0.05) is 60.4 Å². The molecule has 1 aliphatic rings. The topological polar surface area (TPSA) is 71.1 Å². The summed E-state index contributed by atoms with van der Waals surface area (Å²) in [7, 11) is -3.70. The van der Waals surface area contributed by atoms with Gasteiger partial charge < -0.3 is 5.32 Å². The third-order valence-corrected chi connectivity index (χ3v) is 8.43. The smallest absolute Gasteiger partial charge is 0.262 e. The van der Waals surface area contributed by atoms with Gasteiger partial charge in [-0.15, -0.1) is 0 Å². The lowest BCUT2D eigenvalue weighted by molar-refractivity contribution is 0.462. The van der Waals surface area contributed by atoms with E-state index in [-0.39, 0.29) is 0 Å². The largest absolute Gasteiger partial charge is 0.359 e. The fraction of sp³-hybridized carbons (Fsp3) is 0.375. The minimum Gasteiger partial charge on any atom is -0.359 e. The summed E-state index contributed by atoms with van der Waals surface area (Å²) in [5, 5.41) is 4.50. The number of hydrogen-bond donors (Lipinski definition) is 2. The van der Waals surface area contributed by atoms with Crippen LogP contribution >= 0.6 is 11.3 Å². The number of nitrogens with one attached hydrogen (secondary N) is 2. The number of sulfonamides is 1. The van der Waals surface area contributed by atoms with Crippen LogP contribution in [0, 0.1) is 20.8 Å². The van der Waals surface area contributed by atoms with Crippen molar-refractivity contribution in [3.05, 3.63) is 59.3 Å². The lowest BCUT2D eigenvalue weighted by Crippen LogP contribution is -2.21. The molecule has 2 aromatic carbocycles. The Hall–Kier alpha value is -2.38. The highest BCUT2D eigenvalue weighted by Gasteiger charge is 2.21. The van der Waals surface area contributed by atoms with Crippen molar-refractivity contribution in [1.82, 2.24) is 4.98 Å². The summed E-state index contributed by atoms with van der Waals surface area (Å²) in [6.45, 7) is 5.78. The Morgan fingerprint density at radius 2 is 1.68 bits per heavy atom. The standard InChI is InChI=1S/C24H29N3O2S2/c1-16-9-13-21(14-10-16)27-31(28,29)22-15-19(12-11-17(22)2)23-18(3)25-24(30-23)26-20-7-5-4-6-8-20/h9-15,20,27H,4-8H2,1-3H3,(H,25,26). The van der Waals surface area contributed by atoms with E-state index in [0.717, 1.165) is 26.8 Å². The van der Waals surface area contributed by atoms with Gasteiger partial charge in [-0.3, -0.25) is 4.72 Å². The van der Waals surface area contributed by atoms with Crippen LogP contribution in [0.15, 0.2) is 47.4 Å². The van der Waals surface area contributed by atoms with Gasteiger partial charge in [-0.05, 0) is 62.9 Å². The number of nitrogens with zero attached hydrogens (tertiary/aromatic N) is 1. The van der Waals surface area contributed by atoms with Crippen molar-refractivity contribution in [3.8, 4) is 10.4 Å². The molecule has 164 valence electrons. The Morgan fingerprint density at radius 1 is 0.968 bits per heavy atom. The van der Waals surface area contributed by atoms with Crippen LogP contribution in [0.25, 0.3) is 10.4 Å². The minimum absolute atomic E-state index is 0.292. The van der Waals surface area contributed by atoms with Crippen LogP contribution in [-0.4, -0.2) is 19.4 Å². The summed E-state index contributed by atoms with van der Waals surface area (Å²) < 4.78 is 28.9. The third-order valence-electron chi connectivity index (χ3n) is 5.77. The second kappa shape index (κ2) is 9.01. The lowest BCUT2D eigenvalue weighted by Gasteiger charge is -2.22. The zero-order chi connectivity index (χ0) is 22.0. The van der Waals surface area contributed by atoms with Crippen molar-refractivity contribution >= 4 is 32.2 Å². The van der Waals surface area contributed by atoms with Crippen LogP contribution in [0.1, 0.15) is 48.9 Å². The van der Waals surface area contributed by atoms with E-state index in [0.29, 0.717) is 22.2 Å². The number of thiazole rings is 1. The number of benzene rings is 2. The van der Waals surface area contributed by atoms with Crippen LogP contribution in [-0.2, 0) is 10.0 Å². The van der Waals surface area contributed by atoms with E-state index in [1.54, 1.807) is 29.5 Å². The fourth-order valence-corrected chi connectivity index (χ4v) is 6.38. The van der Waals surface area contributed by atoms with E-state index >= 15 is 0 Å². The van der Waals surface area contributed by atoms with Crippen molar-refractivity contribution in [1.29, 1.82) is 0 Å². The second-order valence-electron chi connectivity index (χ2n) is 8.36. The normalized spacial score (nSPS) is 15.1. The fourth-order valence-electron chi connectivity index (χ4n) is 4.01. The Labute approximate surface area is 189 Å². The molecule has 0 aliphatic heterocycles. The first-order valence-electron chi connectivity index (χ1n) is 10.8. The highest BCUT2D eigenvalue weighted by atomic mass is 32.2. The summed E-state index contributed by atoms with van der Waals surface area (Å²) in [5.41, 5.74) is 4.15. The first-order valence-corrected chi connectivity index (χ1v) is 13.1. The number of aryl methyl sites for hydroxylation is 3. The van der Waals surface area contributed by atoms with Crippen molar-refractivity contribution in [2.45, 2.75) is 63.8 Å². The van der Waals surface area contributed by atoms with Gasteiger partial charge in [0.25, 0.3) is 10.0 Å². The molecule has 1 heterocycles. The van der Waals surface area contributed by atoms with Gasteiger partial charge >= 0.3 is 0 Å². The van der Waals surface area contributed by atoms with Crippen molar-refractivity contribution in [3.63, 3.8) is 0 Å². The molecule has 0 bridgehead atoms. The van der Waals surface area contributed by atoms with Gasteiger partial charge in [0.1, 0.15) is 0 Å². The van der Waals surface area contributed by atoms with Crippen molar-refractivity contribution in [2.75, 3.05) is 10.0 Å². The molecule has 0 atom stereocenters. The maximum atomic E-state index is 13.1. The molecule has 0 radical (unpaired) electrons. The summed E-state index contributed by atoms with van der Waals surface area (Å²) >= 11 is 1.60. The lowest BCUT2D eigenvalue weighted by atomic mass is 9.96. The zero-order valence-corrected chi connectivity index (χ0v) is 19.9. The van der Waals surface area contributed by atoms with Crippen LogP contribution < -0.4 is 10.0 Å². The van der Waals surface area contributed by atoms with Crippen LogP contribution in [0.5, 0.6) is 0 Å². The number of aromatic nitrogens is 1. The van der Waals surface area contributed by atoms with Gasteiger partial charge in [0.15, 0.2) is 5.13 Å². The van der Waals surface area contributed by atoms with Crippen LogP contribution in [0.2, 0.25) is 0 Å². The molecule has 0 unspecified atom stereocenters. The third kappa shape index (κ3) is 5.10. The Kier molecular flexibility index (Phi) is 6.34. The predicted molar refractivity (Wildman–Crippen MR) is 130 cm³/mol. The Bertz CT molecular complexity index is 1160. The Balaban J connectivity index is 1.61. The van der Waals surface area contributed by atoms with E-state index in [9.17, 15) is 8.42 Å². The monoisotopic (exact) mass is 455 g/mol. The molecule has 4 rings (SSSR count). The molecule has 0 amide bonds. The number of anilines is 2. The van der Waals surface area contributed by atoms with Gasteiger partial charge in [0, 0.05) is 11.7 Å². The SMILES string of the molecule is Cc1ccc(NS(=O)(=O)c2cc(-c3sc(NC4CCCCC4)nc3C)ccc2C)cc1. The Morgan fingerprint density at radius 3 is 2.39 bits per heavy atom. The summed E-state index contributed by atoms with van der Waals surface area (Å²) in [6.07, 6.45) is 6.22. The van der Waals surface area contributed by atoms with Gasteiger partial charge in [-0.2, -0.15) is 0 Å². The minimum atomic E-state index is -3.70. The maximum Gasteiger partial charge on any atom is 0.262 e. The number of hydrogen-bond acceptors (Lipinski definition) is 5. The van der Waals surface area contributed by atoms with Crippen LogP contribution in [0.4, 0.5) is 10.8 Å². The predicted octanol–water partition coefficient (Wildman–Crippen LogP) is 6.28. The van der Waals surface area contributed by atoms with Crippen LogP contribution in [0.3, 0.4) is 0 Å². The van der Waals surface area contributed by atoms with E-state index in [1.165, 1.54) is 32.1 Å². The molecule has 1 saturated carbocycles. The highest BCUT2D eigenvalue weighted by molar-refractivity contribution is 7.92. The van der Waals surface area contributed by atoms with Crippen molar-refractivity contribution < 1.29 is 8.42 Å². The molecule has 0 spiro atoms. The van der Waals surface area contributed by atoms with Crippen molar-refractivity contribution in [2.24, 2.45) is 0 Å². The zero-order valence-electron chi connectivity index (χ0n) is 18.2. The second-order valence-corrected chi connectivity index (χ2v) is 11.0. The molecular weight excluding hydrogens is 426 g/mol. The summed E-state index contributed by atoms with van der Waals surface area (Å²) in [6, 6.07) is 13.4. The molecule has 3 aromatic rings. The van der Waals surface area contributed by atoms with E-state index in [4.69, 9.17) is 4.98 Å². The van der Waals surface area contributed by atoms with Gasteiger partial charge in [-0.25, -0.2) is 13.4 Å². The first-order chi connectivity index (χ1) is 14.8. The van der Waals surface area contributed by atoms with E-state index in [1.807, 2.05) is 45.0 Å². The molecule has 31 heavy (non-hydrogen) atoms. The average Bonchev–Trinajstić information content (AvgIpc) is 3.10. The number of rotatable bonds is 6. The molecule has 0 saturated heterocycles. The molecular formula is C24H29N3O2S2. The quantitative estimate of drug-likeness (QED) is 0.459. The molecule has 1 aromatic heterocycles. The van der Waals surface area contributed by atoms with Gasteiger partial charge in [0.05, 0.1) is 15.5 Å². The maximum absolute atomic E-state index is 13.1. The average molecular weight is 456 g/mol. The molecule has 1 fully saturated rings. The van der Waals surface area contributed by atoms with Gasteiger partial charge in [0.2, 0.25) is 0 Å². The first kappa shape index (κ1) is 21.8. The highest BCUT2D eigenvalue weighted by Crippen LogP contribution is 2.36. The molecule has 7 heteroatoms. The molecule has 1 aliphatic carbocycles. The summed E-state index contributed by atoms with van der Waals surface area (Å²) in [5.74, 6) is 0. The van der Waals surface area contributed by atoms with E-state index in [2.05, 4.69) is 10.0 Å².